The highest BCUT2D eigenvalue weighted by Crippen LogP contribution is 2.39. The zero-order valence-corrected chi connectivity index (χ0v) is 14.9. The minimum absolute atomic E-state index is 0.0936. The first kappa shape index (κ1) is 19.6. The number of ether oxygens (including phenoxy) is 3. The van der Waals surface area contributed by atoms with Crippen LogP contribution in [0.4, 0.5) is 0 Å². The monoisotopic (exact) mass is 338 g/mol. The molecule has 0 heterocycles. The molecular weight excluding hydrogens is 312 g/mol. The number of benzene rings is 1. The van der Waals surface area contributed by atoms with Crippen LogP contribution in [-0.2, 0) is 4.79 Å². The number of methoxy groups -OCH3 is 3. The van der Waals surface area contributed by atoms with E-state index in [1.165, 1.54) is 21.3 Å². The zero-order valence-electron chi connectivity index (χ0n) is 14.9. The van der Waals surface area contributed by atoms with Gasteiger partial charge in [-0.1, -0.05) is 6.92 Å². The second-order valence-electron chi connectivity index (χ2n) is 5.26. The van der Waals surface area contributed by atoms with Gasteiger partial charge in [-0.2, -0.15) is 0 Å². The summed E-state index contributed by atoms with van der Waals surface area (Å²) in [6, 6.07) is 3.35. The number of amides is 2. The minimum atomic E-state index is -0.343. The van der Waals surface area contributed by atoms with Crippen LogP contribution in [0.2, 0.25) is 0 Å². The molecule has 1 rings (SSSR count). The average molecular weight is 338 g/mol. The molecule has 0 aliphatic carbocycles. The molecule has 1 unspecified atom stereocenters. The fourth-order valence-electron chi connectivity index (χ4n) is 2.11. The lowest BCUT2D eigenvalue weighted by Gasteiger charge is -2.15. The summed E-state index contributed by atoms with van der Waals surface area (Å²) in [5.74, 6) is 0.674. The Labute approximate surface area is 142 Å². The number of rotatable bonds is 9. The first-order valence-corrected chi connectivity index (χ1v) is 7.84. The number of hydrogen-bond acceptors (Lipinski definition) is 5. The maximum atomic E-state index is 12.3. The molecule has 0 saturated heterocycles. The molecule has 134 valence electrons. The Morgan fingerprint density at radius 2 is 1.75 bits per heavy atom. The average Bonchev–Trinajstić information content (AvgIpc) is 2.59. The van der Waals surface area contributed by atoms with E-state index in [1.54, 1.807) is 12.1 Å². The van der Waals surface area contributed by atoms with Crippen LogP contribution in [-0.4, -0.2) is 45.7 Å². The smallest absolute Gasteiger partial charge is 0.255 e. The van der Waals surface area contributed by atoms with Gasteiger partial charge in [-0.3, -0.25) is 9.59 Å². The van der Waals surface area contributed by atoms with Crippen LogP contribution in [0.3, 0.4) is 0 Å². The molecule has 0 fully saturated rings. The molecule has 0 bridgehead atoms. The molecule has 0 saturated carbocycles. The van der Waals surface area contributed by atoms with Gasteiger partial charge in [-0.15, -0.1) is 0 Å². The van der Waals surface area contributed by atoms with E-state index in [4.69, 9.17) is 14.2 Å². The van der Waals surface area contributed by atoms with Crippen molar-refractivity contribution in [3.63, 3.8) is 0 Å². The van der Waals surface area contributed by atoms with Crippen molar-refractivity contribution in [3.8, 4) is 17.2 Å². The number of nitrogens with one attached hydrogen (secondary N) is 2. The molecule has 1 atom stereocenters. The first-order valence-electron chi connectivity index (χ1n) is 7.84. The van der Waals surface area contributed by atoms with Crippen molar-refractivity contribution in [1.82, 2.24) is 10.6 Å². The number of carbonyl (C=O) groups excluding carboxylic acids is 2. The van der Waals surface area contributed by atoms with Crippen molar-refractivity contribution >= 4 is 11.8 Å². The fraction of sp³-hybridized carbons (Fsp3) is 0.529. The zero-order chi connectivity index (χ0) is 18.1. The standard InChI is InChI=1S/C17H26N2O5/c1-6-11(2)19-14(20)9-10-18-17(21)12-7-8-13(22-3)16(24-5)15(12)23-4/h7-8,11H,6,9-10H2,1-5H3,(H,18,21)(H,19,20). The van der Waals surface area contributed by atoms with Gasteiger partial charge < -0.3 is 24.8 Å². The molecule has 7 nitrogen and oxygen atoms in total. The third kappa shape index (κ3) is 5.04. The maximum Gasteiger partial charge on any atom is 0.255 e. The van der Waals surface area contributed by atoms with Crippen LogP contribution in [0.15, 0.2) is 12.1 Å². The van der Waals surface area contributed by atoms with Crippen molar-refractivity contribution in [3.05, 3.63) is 17.7 Å². The molecule has 2 amide bonds. The van der Waals surface area contributed by atoms with E-state index in [1.807, 2.05) is 13.8 Å². The highest BCUT2D eigenvalue weighted by atomic mass is 16.5. The summed E-state index contributed by atoms with van der Waals surface area (Å²) in [5, 5.41) is 5.56. The summed E-state index contributed by atoms with van der Waals surface area (Å²) in [7, 11) is 4.43. The predicted octanol–water partition coefficient (Wildman–Crippen LogP) is 1.75. The quantitative estimate of drug-likeness (QED) is 0.716. The van der Waals surface area contributed by atoms with E-state index in [-0.39, 0.29) is 30.8 Å². The minimum Gasteiger partial charge on any atom is -0.493 e. The number of hydrogen-bond donors (Lipinski definition) is 2. The highest BCUT2D eigenvalue weighted by molar-refractivity contribution is 5.98. The first-order chi connectivity index (χ1) is 11.5. The largest absolute Gasteiger partial charge is 0.493 e. The van der Waals surface area contributed by atoms with Gasteiger partial charge in [0.05, 0.1) is 26.9 Å². The van der Waals surface area contributed by atoms with E-state index in [0.717, 1.165) is 6.42 Å². The van der Waals surface area contributed by atoms with Gasteiger partial charge in [-0.25, -0.2) is 0 Å². The Morgan fingerprint density at radius 3 is 2.29 bits per heavy atom. The van der Waals surface area contributed by atoms with Gasteiger partial charge in [0.15, 0.2) is 11.5 Å². The Balaban J connectivity index is 2.73. The molecule has 7 heteroatoms. The molecule has 0 aliphatic heterocycles. The van der Waals surface area contributed by atoms with Crippen LogP contribution < -0.4 is 24.8 Å². The van der Waals surface area contributed by atoms with E-state index < -0.39 is 0 Å². The van der Waals surface area contributed by atoms with Crippen molar-refractivity contribution < 1.29 is 23.8 Å². The normalized spacial score (nSPS) is 11.4. The Hall–Kier alpha value is -2.44. The summed E-state index contributed by atoms with van der Waals surface area (Å²) >= 11 is 0. The summed E-state index contributed by atoms with van der Waals surface area (Å²) in [5.41, 5.74) is 0.317. The van der Waals surface area contributed by atoms with Gasteiger partial charge in [-0.05, 0) is 25.5 Å². The molecule has 0 radical (unpaired) electrons. The van der Waals surface area contributed by atoms with Crippen molar-refractivity contribution in [2.75, 3.05) is 27.9 Å². The van der Waals surface area contributed by atoms with Crippen LogP contribution in [0.25, 0.3) is 0 Å². The Kier molecular flexibility index (Phi) is 7.88. The van der Waals surface area contributed by atoms with Gasteiger partial charge in [0.1, 0.15) is 0 Å². The number of carbonyl (C=O) groups is 2. The summed E-state index contributed by atoms with van der Waals surface area (Å²) in [4.78, 5) is 24.0. The molecule has 1 aromatic rings. The Morgan fingerprint density at radius 1 is 1.08 bits per heavy atom. The topological polar surface area (TPSA) is 85.9 Å². The summed E-state index contributed by atoms with van der Waals surface area (Å²) in [6.07, 6.45) is 1.08. The van der Waals surface area contributed by atoms with Crippen molar-refractivity contribution in [2.45, 2.75) is 32.7 Å². The van der Waals surface area contributed by atoms with E-state index in [0.29, 0.717) is 22.8 Å². The molecular formula is C17H26N2O5. The van der Waals surface area contributed by atoms with Crippen LogP contribution in [0.1, 0.15) is 37.0 Å². The molecule has 1 aromatic carbocycles. The van der Waals surface area contributed by atoms with Crippen molar-refractivity contribution in [1.29, 1.82) is 0 Å². The van der Waals surface area contributed by atoms with Gasteiger partial charge in [0.2, 0.25) is 11.7 Å². The fourth-order valence-corrected chi connectivity index (χ4v) is 2.11. The van der Waals surface area contributed by atoms with E-state index >= 15 is 0 Å². The third-order valence-corrected chi connectivity index (χ3v) is 3.61. The van der Waals surface area contributed by atoms with E-state index in [9.17, 15) is 9.59 Å². The molecule has 24 heavy (non-hydrogen) atoms. The second kappa shape index (κ2) is 9.64. The van der Waals surface area contributed by atoms with Gasteiger partial charge in [0.25, 0.3) is 5.91 Å². The van der Waals surface area contributed by atoms with Gasteiger partial charge >= 0.3 is 0 Å². The summed E-state index contributed by atoms with van der Waals surface area (Å²) in [6.45, 7) is 4.17. The van der Waals surface area contributed by atoms with Gasteiger partial charge in [0, 0.05) is 19.0 Å². The van der Waals surface area contributed by atoms with E-state index in [2.05, 4.69) is 10.6 Å². The molecule has 0 aromatic heterocycles. The maximum absolute atomic E-state index is 12.3. The molecule has 2 N–H and O–H groups in total. The lowest BCUT2D eigenvalue weighted by Crippen LogP contribution is -2.35. The van der Waals surface area contributed by atoms with Crippen LogP contribution in [0, 0.1) is 0 Å². The SMILES string of the molecule is CCC(C)NC(=O)CCNC(=O)c1ccc(OC)c(OC)c1OC. The summed E-state index contributed by atoms with van der Waals surface area (Å²) < 4.78 is 15.7. The highest BCUT2D eigenvalue weighted by Gasteiger charge is 2.20. The molecule has 0 aliphatic rings. The lowest BCUT2D eigenvalue weighted by molar-refractivity contribution is -0.121. The lowest BCUT2D eigenvalue weighted by atomic mass is 10.1. The van der Waals surface area contributed by atoms with Crippen LogP contribution >= 0.6 is 0 Å². The third-order valence-electron chi connectivity index (χ3n) is 3.61. The van der Waals surface area contributed by atoms with Crippen LogP contribution in [0.5, 0.6) is 17.2 Å². The second-order valence-corrected chi connectivity index (χ2v) is 5.26. The van der Waals surface area contributed by atoms with Crippen molar-refractivity contribution in [2.24, 2.45) is 0 Å². The predicted molar refractivity (Wildman–Crippen MR) is 90.9 cm³/mol. The molecule has 0 spiro atoms. The Bertz CT molecular complexity index is 574.